The lowest BCUT2D eigenvalue weighted by Crippen LogP contribution is -2.37. The highest BCUT2D eigenvalue weighted by Crippen LogP contribution is 2.28. The number of carbonyl (C=O) groups is 1. The van der Waals surface area contributed by atoms with Crippen molar-refractivity contribution in [3.05, 3.63) is 59.3 Å². The van der Waals surface area contributed by atoms with Crippen molar-refractivity contribution in [3.8, 4) is 5.75 Å². The summed E-state index contributed by atoms with van der Waals surface area (Å²) in [6, 6.07) is 14.1. The Kier molecular flexibility index (Phi) is 5.45. The predicted octanol–water partition coefficient (Wildman–Crippen LogP) is 3.59. The van der Waals surface area contributed by atoms with Crippen molar-refractivity contribution >= 4 is 22.5 Å². The molecule has 0 bridgehead atoms. The lowest BCUT2D eigenvalue weighted by Gasteiger charge is -2.31. The molecule has 1 aliphatic heterocycles. The van der Waals surface area contributed by atoms with Crippen molar-refractivity contribution in [3.63, 3.8) is 0 Å². The molecule has 6 heteroatoms. The van der Waals surface area contributed by atoms with Crippen molar-refractivity contribution in [2.24, 2.45) is 0 Å². The van der Waals surface area contributed by atoms with Crippen molar-refractivity contribution in [2.45, 2.75) is 13.5 Å². The first-order chi connectivity index (χ1) is 14.1. The van der Waals surface area contributed by atoms with Crippen molar-refractivity contribution in [2.75, 3.05) is 45.4 Å². The summed E-state index contributed by atoms with van der Waals surface area (Å²) in [5.74, 6) is 0.740. The fourth-order valence-electron chi connectivity index (χ4n) is 3.98. The van der Waals surface area contributed by atoms with Gasteiger partial charge in [-0.05, 0) is 36.8 Å². The molecule has 1 N–H and O–H groups in total. The van der Waals surface area contributed by atoms with Crippen LogP contribution < -0.4 is 9.64 Å². The van der Waals surface area contributed by atoms with Crippen LogP contribution in [-0.4, -0.2) is 56.3 Å². The molecule has 1 amide bonds. The molecule has 4 rings (SSSR count). The second-order valence-corrected chi connectivity index (χ2v) is 7.43. The molecule has 0 spiro atoms. The quantitative estimate of drug-likeness (QED) is 0.720. The van der Waals surface area contributed by atoms with Gasteiger partial charge in [0.1, 0.15) is 5.75 Å². The molecule has 0 radical (unpaired) electrons. The number of carbonyl (C=O) groups excluding carboxylic acids is 1. The van der Waals surface area contributed by atoms with Crippen molar-refractivity contribution in [1.82, 2.24) is 9.88 Å². The predicted molar refractivity (Wildman–Crippen MR) is 115 cm³/mol. The van der Waals surface area contributed by atoms with Gasteiger partial charge in [0.2, 0.25) is 0 Å². The largest absolute Gasteiger partial charge is 0.497 e. The maximum absolute atomic E-state index is 13.4. The van der Waals surface area contributed by atoms with E-state index in [2.05, 4.69) is 22.0 Å². The Morgan fingerprint density at radius 3 is 2.72 bits per heavy atom. The van der Waals surface area contributed by atoms with Crippen molar-refractivity contribution in [1.29, 1.82) is 0 Å². The molecule has 0 saturated carbocycles. The van der Waals surface area contributed by atoms with Gasteiger partial charge in [-0.25, -0.2) is 0 Å². The summed E-state index contributed by atoms with van der Waals surface area (Å²) >= 11 is 0. The van der Waals surface area contributed by atoms with E-state index in [1.807, 2.05) is 44.3 Å². The van der Waals surface area contributed by atoms with Crippen LogP contribution in [0.2, 0.25) is 0 Å². The Morgan fingerprint density at radius 2 is 1.97 bits per heavy atom. The number of aryl methyl sites for hydroxylation is 1. The number of aromatic amines is 1. The summed E-state index contributed by atoms with van der Waals surface area (Å²) in [7, 11) is 3.49. The Hall–Kier alpha value is -2.99. The normalized spacial score (nSPS) is 14.2. The summed E-state index contributed by atoms with van der Waals surface area (Å²) in [4.78, 5) is 20.8. The number of aromatic nitrogens is 1. The van der Waals surface area contributed by atoms with Crippen LogP contribution in [0.3, 0.4) is 0 Å². The fourth-order valence-corrected chi connectivity index (χ4v) is 3.98. The minimum absolute atomic E-state index is 0.00113. The molecule has 0 aliphatic carbocycles. The number of nitrogens with zero attached hydrogens (tertiary/aromatic N) is 2. The van der Waals surface area contributed by atoms with Crippen molar-refractivity contribution < 1.29 is 14.3 Å². The van der Waals surface area contributed by atoms with E-state index in [9.17, 15) is 4.79 Å². The first kappa shape index (κ1) is 19.3. The molecule has 0 unspecified atom stereocenters. The Morgan fingerprint density at radius 1 is 1.21 bits per heavy atom. The van der Waals surface area contributed by atoms with Gasteiger partial charge in [-0.1, -0.05) is 18.2 Å². The highest BCUT2D eigenvalue weighted by atomic mass is 16.5. The van der Waals surface area contributed by atoms with E-state index in [1.54, 1.807) is 12.0 Å². The van der Waals surface area contributed by atoms with Crippen LogP contribution in [-0.2, 0) is 11.3 Å². The zero-order valence-corrected chi connectivity index (χ0v) is 17.2. The zero-order chi connectivity index (χ0) is 20.4. The number of methoxy groups -OCH3 is 1. The van der Waals surface area contributed by atoms with Crippen LogP contribution in [0.5, 0.6) is 5.75 Å². The van der Waals surface area contributed by atoms with Gasteiger partial charge >= 0.3 is 0 Å². The van der Waals surface area contributed by atoms with Crippen LogP contribution in [0.4, 0.5) is 5.69 Å². The van der Waals surface area contributed by atoms with Crippen LogP contribution in [0, 0.1) is 6.92 Å². The average Bonchev–Trinajstić information content (AvgIpc) is 3.08. The summed E-state index contributed by atoms with van der Waals surface area (Å²) in [6.45, 7) is 5.70. The van der Waals surface area contributed by atoms with E-state index in [0.29, 0.717) is 12.1 Å². The smallest absolute Gasteiger partial charge is 0.256 e. The van der Waals surface area contributed by atoms with E-state index >= 15 is 0 Å². The number of anilines is 1. The van der Waals surface area contributed by atoms with Crippen LogP contribution in [0.15, 0.2) is 42.5 Å². The Labute approximate surface area is 171 Å². The SMILES string of the molecule is COc1ccc2[nH]c(C)c(C(=O)N(C)Cc3ccccc3N3CCOCC3)c2c1. The topological polar surface area (TPSA) is 57.8 Å². The van der Waals surface area contributed by atoms with Gasteiger partial charge in [-0.3, -0.25) is 4.79 Å². The highest BCUT2D eigenvalue weighted by Gasteiger charge is 2.22. The number of morpholine rings is 1. The highest BCUT2D eigenvalue weighted by molar-refractivity contribution is 6.08. The monoisotopic (exact) mass is 393 g/mol. The molecular weight excluding hydrogens is 366 g/mol. The number of benzene rings is 2. The third kappa shape index (κ3) is 3.80. The van der Waals surface area contributed by atoms with Gasteiger partial charge in [0, 0.05) is 49.0 Å². The first-order valence-corrected chi connectivity index (χ1v) is 9.91. The first-order valence-electron chi connectivity index (χ1n) is 9.91. The van der Waals surface area contributed by atoms with E-state index in [0.717, 1.165) is 54.2 Å². The molecule has 1 saturated heterocycles. The minimum atomic E-state index is -0.00113. The van der Waals surface area contributed by atoms with Gasteiger partial charge in [0.15, 0.2) is 0 Å². The summed E-state index contributed by atoms with van der Waals surface area (Å²) in [5.41, 5.74) is 4.82. The standard InChI is InChI=1S/C23H27N3O3/c1-16-22(19-14-18(28-3)8-9-20(19)24-16)23(27)25(2)15-17-6-4-5-7-21(17)26-10-12-29-13-11-26/h4-9,14,24H,10-13,15H2,1-3H3. The number of fused-ring (bicyclic) bond motifs is 1. The zero-order valence-electron chi connectivity index (χ0n) is 17.2. The number of hydrogen-bond acceptors (Lipinski definition) is 4. The third-order valence-corrected chi connectivity index (χ3v) is 5.50. The number of para-hydroxylation sites is 1. The van der Waals surface area contributed by atoms with Crippen LogP contribution >= 0.6 is 0 Å². The summed E-state index contributed by atoms with van der Waals surface area (Å²) in [5, 5.41) is 0.889. The van der Waals surface area contributed by atoms with E-state index in [4.69, 9.17) is 9.47 Å². The molecule has 0 atom stereocenters. The number of hydrogen-bond donors (Lipinski definition) is 1. The molecule has 29 heavy (non-hydrogen) atoms. The van der Waals surface area contributed by atoms with Gasteiger partial charge in [0.25, 0.3) is 5.91 Å². The van der Waals surface area contributed by atoms with E-state index < -0.39 is 0 Å². The third-order valence-electron chi connectivity index (χ3n) is 5.50. The summed E-state index contributed by atoms with van der Waals surface area (Å²) in [6.07, 6.45) is 0. The molecule has 1 aliphatic rings. The Balaban J connectivity index is 1.61. The van der Waals surface area contributed by atoms with Gasteiger partial charge in [-0.2, -0.15) is 0 Å². The number of rotatable bonds is 5. The van der Waals surface area contributed by atoms with Gasteiger partial charge in [0.05, 0.1) is 25.9 Å². The number of amides is 1. The lowest BCUT2D eigenvalue weighted by atomic mass is 10.1. The molecule has 6 nitrogen and oxygen atoms in total. The molecule has 3 aromatic rings. The molecule has 2 aromatic carbocycles. The van der Waals surface area contributed by atoms with Gasteiger partial charge < -0.3 is 24.3 Å². The fraction of sp³-hybridized carbons (Fsp3) is 0.348. The second kappa shape index (κ2) is 8.17. The molecular formula is C23H27N3O3. The van der Waals surface area contributed by atoms with Crippen LogP contribution in [0.25, 0.3) is 10.9 Å². The molecule has 152 valence electrons. The summed E-state index contributed by atoms with van der Waals surface area (Å²) < 4.78 is 10.8. The number of H-pyrrole nitrogens is 1. The molecule has 1 aromatic heterocycles. The van der Waals surface area contributed by atoms with Gasteiger partial charge in [-0.15, -0.1) is 0 Å². The van der Waals surface area contributed by atoms with E-state index in [1.165, 1.54) is 5.69 Å². The maximum atomic E-state index is 13.4. The average molecular weight is 393 g/mol. The maximum Gasteiger partial charge on any atom is 0.256 e. The van der Waals surface area contributed by atoms with Crippen LogP contribution in [0.1, 0.15) is 21.6 Å². The molecule has 2 heterocycles. The molecule has 1 fully saturated rings. The Bertz CT molecular complexity index is 1020. The minimum Gasteiger partial charge on any atom is -0.497 e. The van der Waals surface area contributed by atoms with E-state index in [-0.39, 0.29) is 5.91 Å². The second-order valence-electron chi connectivity index (χ2n) is 7.43. The lowest BCUT2D eigenvalue weighted by molar-refractivity contribution is 0.0786. The number of nitrogens with one attached hydrogen (secondary N) is 1. The number of ether oxygens (including phenoxy) is 2.